The van der Waals surface area contributed by atoms with Gasteiger partial charge in [0.15, 0.2) is 0 Å². The molecular formula is C15H13Cl3FN. The molecular weight excluding hydrogens is 320 g/mol. The van der Waals surface area contributed by atoms with Crippen LogP contribution in [0.1, 0.15) is 17.2 Å². The van der Waals surface area contributed by atoms with Crippen LogP contribution in [0.3, 0.4) is 0 Å². The highest BCUT2D eigenvalue weighted by Crippen LogP contribution is 2.29. The standard InChI is InChI=1S/C15H13Cl3FN/c1-20-15(12-7-10(16)4-5-13(12)18)6-9-2-3-11(17)8-14(9)19/h2-5,7-8,15,20H,6H2,1H3. The van der Waals surface area contributed by atoms with Gasteiger partial charge in [-0.15, -0.1) is 0 Å². The first-order valence-corrected chi connectivity index (χ1v) is 7.21. The Labute approximate surface area is 132 Å². The number of hydrogen-bond acceptors (Lipinski definition) is 1. The second kappa shape index (κ2) is 6.77. The van der Waals surface area contributed by atoms with E-state index in [9.17, 15) is 4.39 Å². The van der Waals surface area contributed by atoms with Crippen LogP contribution >= 0.6 is 34.8 Å². The summed E-state index contributed by atoms with van der Waals surface area (Å²) in [6, 6.07) is 9.79. The molecule has 2 aromatic carbocycles. The third-order valence-corrected chi connectivity index (χ3v) is 3.94. The Kier molecular flexibility index (Phi) is 5.28. The normalized spacial score (nSPS) is 12.4. The number of nitrogens with one attached hydrogen (secondary N) is 1. The molecule has 0 fully saturated rings. The molecule has 0 radical (unpaired) electrons. The zero-order valence-corrected chi connectivity index (χ0v) is 13.0. The lowest BCUT2D eigenvalue weighted by molar-refractivity contribution is 0.554. The molecule has 0 spiro atoms. The molecule has 0 bridgehead atoms. The van der Waals surface area contributed by atoms with Crippen molar-refractivity contribution in [3.63, 3.8) is 0 Å². The van der Waals surface area contributed by atoms with Crippen LogP contribution in [0.5, 0.6) is 0 Å². The van der Waals surface area contributed by atoms with Gasteiger partial charge in [0.05, 0.1) is 0 Å². The van der Waals surface area contributed by atoms with E-state index in [1.54, 1.807) is 37.4 Å². The fourth-order valence-electron chi connectivity index (χ4n) is 2.06. The maximum atomic E-state index is 13.9. The van der Waals surface area contributed by atoms with E-state index in [2.05, 4.69) is 5.32 Å². The largest absolute Gasteiger partial charge is 0.313 e. The molecule has 0 saturated carbocycles. The highest BCUT2D eigenvalue weighted by Gasteiger charge is 2.16. The van der Waals surface area contributed by atoms with Gasteiger partial charge in [-0.2, -0.15) is 0 Å². The van der Waals surface area contributed by atoms with Crippen molar-refractivity contribution >= 4 is 34.8 Å². The number of hydrogen-bond donors (Lipinski definition) is 1. The molecule has 0 amide bonds. The van der Waals surface area contributed by atoms with E-state index < -0.39 is 0 Å². The van der Waals surface area contributed by atoms with Gasteiger partial charge in [-0.25, -0.2) is 4.39 Å². The van der Waals surface area contributed by atoms with Crippen molar-refractivity contribution in [2.24, 2.45) is 0 Å². The molecule has 0 aliphatic rings. The lowest BCUT2D eigenvalue weighted by Crippen LogP contribution is -2.19. The Balaban J connectivity index is 2.31. The van der Waals surface area contributed by atoms with E-state index >= 15 is 0 Å². The van der Waals surface area contributed by atoms with Crippen LogP contribution in [0.2, 0.25) is 15.1 Å². The first-order valence-electron chi connectivity index (χ1n) is 6.07. The summed E-state index contributed by atoms with van der Waals surface area (Å²) in [6.07, 6.45) is 0.458. The van der Waals surface area contributed by atoms with E-state index in [0.29, 0.717) is 27.1 Å². The van der Waals surface area contributed by atoms with Gasteiger partial charge in [0.25, 0.3) is 0 Å². The van der Waals surface area contributed by atoms with Gasteiger partial charge in [0.2, 0.25) is 0 Å². The zero-order chi connectivity index (χ0) is 14.7. The molecule has 106 valence electrons. The number of rotatable bonds is 4. The fraction of sp³-hybridized carbons (Fsp3) is 0.200. The Morgan fingerprint density at radius 3 is 2.35 bits per heavy atom. The molecule has 20 heavy (non-hydrogen) atoms. The van der Waals surface area contributed by atoms with Crippen molar-refractivity contribution in [3.8, 4) is 0 Å². The smallest absolute Gasteiger partial charge is 0.127 e. The van der Waals surface area contributed by atoms with Crippen molar-refractivity contribution in [1.29, 1.82) is 0 Å². The Hall–Kier alpha value is -0.800. The summed E-state index contributed by atoms with van der Waals surface area (Å²) in [7, 11) is 1.80. The van der Waals surface area contributed by atoms with Crippen LogP contribution in [0.15, 0.2) is 36.4 Å². The van der Waals surface area contributed by atoms with Gasteiger partial charge in [-0.3, -0.25) is 0 Å². The molecule has 2 aromatic rings. The van der Waals surface area contributed by atoms with Crippen molar-refractivity contribution in [2.75, 3.05) is 7.05 Å². The first-order chi connectivity index (χ1) is 9.51. The van der Waals surface area contributed by atoms with Crippen LogP contribution in [-0.4, -0.2) is 7.05 Å². The maximum Gasteiger partial charge on any atom is 0.127 e. The number of likely N-dealkylation sites (N-methyl/N-ethyl adjacent to an activating group) is 1. The zero-order valence-electron chi connectivity index (χ0n) is 10.8. The molecule has 1 N–H and O–H groups in total. The average molecular weight is 333 g/mol. The summed E-state index contributed by atoms with van der Waals surface area (Å²) >= 11 is 17.9. The third-order valence-electron chi connectivity index (χ3n) is 3.12. The predicted octanol–water partition coefficient (Wildman–Crippen LogP) is 5.29. The second-order valence-corrected chi connectivity index (χ2v) is 5.73. The molecule has 0 aromatic heterocycles. The Morgan fingerprint density at radius 2 is 1.70 bits per heavy atom. The first kappa shape index (κ1) is 15.6. The van der Waals surface area contributed by atoms with Crippen molar-refractivity contribution in [2.45, 2.75) is 12.5 Å². The highest BCUT2D eigenvalue weighted by atomic mass is 35.5. The van der Waals surface area contributed by atoms with Crippen molar-refractivity contribution in [3.05, 3.63) is 68.4 Å². The number of benzene rings is 2. The van der Waals surface area contributed by atoms with E-state index in [0.717, 1.165) is 5.56 Å². The second-order valence-electron chi connectivity index (χ2n) is 4.45. The highest BCUT2D eigenvalue weighted by molar-refractivity contribution is 6.33. The summed E-state index contributed by atoms with van der Waals surface area (Å²) in [6.45, 7) is 0. The van der Waals surface area contributed by atoms with Gasteiger partial charge in [-0.05, 0) is 54.9 Å². The summed E-state index contributed by atoms with van der Waals surface area (Å²) in [5, 5.41) is 4.71. The lowest BCUT2D eigenvalue weighted by atomic mass is 9.98. The molecule has 1 nitrogen and oxygen atoms in total. The maximum absolute atomic E-state index is 13.9. The molecule has 1 atom stereocenters. The molecule has 1 unspecified atom stereocenters. The fourth-order valence-corrected chi connectivity index (χ4v) is 2.64. The van der Waals surface area contributed by atoms with Gasteiger partial charge in [0.1, 0.15) is 5.82 Å². The minimum atomic E-state index is -0.323. The lowest BCUT2D eigenvalue weighted by Gasteiger charge is -2.19. The molecule has 0 aliphatic heterocycles. The van der Waals surface area contributed by atoms with Gasteiger partial charge < -0.3 is 5.32 Å². The van der Waals surface area contributed by atoms with Gasteiger partial charge in [-0.1, -0.05) is 40.9 Å². The quantitative estimate of drug-likeness (QED) is 0.802. The number of halogens is 4. The van der Waals surface area contributed by atoms with Crippen LogP contribution in [-0.2, 0) is 6.42 Å². The van der Waals surface area contributed by atoms with E-state index in [4.69, 9.17) is 34.8 Å². The van der Waals surface area contributed by atoms with Crippen LogP contribution in [0, 0.1) is 5.82 Å². The predicted molar refractivity (Wildman–Crippen MR) is 83.4 cm³/mol. The molecule has 2 rings (SSSR count). The molecule has 0 saturated heterocycles. The SMILES string of the molecule is CNC(Cc1ccc(Cl)cc1F)c1cc(Cl)ccc1Cl. The van der Waals surface area contributed by atoms with Crippen LogP contribution < -0.4 is 5.32 Å². The van der Waals surface area contributed by atoms with Crippen LogP contribution in [0.4, 0.5) is 4.39 Å². The monoisotopic (exact) mass is 331 g/mol. The van der Waals surface area contributed by atoms with E-state index in [1.165, 1.54) is 6.07 Å². The Morgan fingerprint density at radius 1 is 1.05 bits per heavy atom. The van der Waals surface area contributed by atoms with Gasteiger partial charge >= 0.3 is 0 Å². The minimum absolute atomic E-state index is 0.128. The third kappa shape index (κ3) is 3.64. The summed E-state index contributed by atoms with van der Waals surface area (Å²) in [4.78, 5) is 0. The molecule has 0 heterocycles. The summed E-state index contributed by atoms with van der Waals surface area (Å²) in [5.41, 5.74) is 1.42. The van der Waals surface area contributed by atoms with Crippen molar-refractivity contribution < 1.29 is 4.39 Å². The summed E-state index contributed by atoms with van der Waals surface area (Å²) < 4.78 is 13.9. The molecule has 0 aliphatic carbocycles. The van der Waals surface area contributed by atoms with E-state index in [1.807, 2.05) is 0 Å². The average Bonchev–Trinajstić information content (AvgIpc) is 2.41. The topological polar surface area (TPSA) is 12.0 Å². The molecule has 5 heteroatoms. The van der Waals surface area contributed by atoms with E-state index in [-0.39, 0.29) is 11.9 Å². The van der Waals surface area contributed by atoms with Crippen molar-refractivity contribution in [1.82, 2.24) is 5.32 Å². The van der Waals surface area contributed by atoms with Gasteiger partial charge in [0, 0.05) is 21.1 Å². The Bertz CT molecular complexity index is 616. The van der Waals surface area contributed by atoms with Crippen LogP contribution in [0.25, 0.3) is 0 Å². The summed E-state index contributed by atoms with van der Waals surface area (Å²) in [5.74, 6) is -0.323. The minimum Gasteiger partial charge on any atom is -0.313 e.